The molecule has 0 spiro atoms. The van der Waals surface area contributed by atoms with E-state index in [1.165, 1.54) is 18.2 Å². The van der Waals surface area contributed by atoms with Gasteiger partial charge in [0.15, 0.2) is 0 Å². The van der Waals surface area contributed by atoms with Gasteiger partial charge in [0.25, 0.3) is 6.43 Å². The quantitative estimate of drug-likeness (QED) is 0.872. The number of phenolic OH excluding ortho intramolecular Hbond substituents is 1. The molecule has 0 aromatic heterocycles. The summed E-state index contributed by atoms with van der Waals surface area (Å²) in [5, 5.41) is 9.85. The summed E-state index contributed by atoms with van der Waals surface area (Å²) in [4.78, 5) is 2.06. The Morgan fingerprint density at radius 3 is 2.78 bits per heavy atom. The molecule has 1 aromatic rings. The number of phenols is 1. The van der Waals surface area contributed by atoms with Crippen molar-refractivity contribution in [3.05, 3.63) is 29.3 Å². The van der Waals surface area contributed by atoms with E-state index in [0.717, 1.165) is 13.0 Å². The molecule has 0 saturated carbocycles. The highest BCUT2D eigenvalue weighted by atomic mass is 19.3. The smallest absolute Gasteiger partial charge is 0.263 e. The molecule has 1 aliphatic heterocycles. The maximum Gasteiger partial charge on any atom is 0.263 e. The molecule has 0 radical (unpaired) electrons. The molecule has 0 bridgehead atoms. The van der Waals surface area contributed by atoms with Crippen molar-refractivity contribution in [1.82, 2.24) is 4.90 Å². The summed E-state index contributed by atoms with van der Waals surface area (Å²) < 4.78 is 25.4. The number of likely N-dealkylation sites (tertiary alicyclic amines) is 1. The van der Waals surface area contributed by atoms with Gasteiger partial charge in [0.05, 0.1) is 0 Å². The third-order valence-electron chi connectivity index (χ3n) is 3.63. The van der Waals surface area contributed by atoms with Crippen molar-refractivity contribution in [2.24, 2.45) is 11.7 Å². The standard InChI is InChI=1S/C13H18F2N2O/c1-17-7-8(6-16)4-11(17)10-5-9(13(14)15)2-3-12(10)18/h2-3,5,8,11,13,18H,4,6-7,16H2,1H3. The van der Waals surface area contributed by atoms with E-state index in [1.54, 1.807) is 0 Å². The van der Waals surface area contributed by atoms with Crippen molar-refractivity contribution in [2.45, 2.75) is 18.9 Å². The van der Waals surface area contributed by atoms with E-state index < -0.39 is 6.43 Å². The highest BCUT2D eigenvalue weighted by Gasteiger charge is 2.31. The first-order valence-corrected chi connectivity index (χ1v) is 6.04. The minimum atomic E-state index is -2.51. The van der Waals surface area contributed by atoms with E-state index in [4.69, 9.17) is 5.73 Å². The average molecular weight is 256 g/mol. The summed E-state index contributed by atoms with van der Waals surface area (Å²) in [6.45, 7) is 1.41. The van der Waals surface area contributed by atoms with Crippen molar-refractivity contribution >= 4 is 0 Å². The van der Waals surface area contributed by atoms with Gasteiger partial charge in [-0.1, -0.05) is 0 Å². The predicted octanol–water partition coefficient (Wildman–Crippen LogP) is 2.28. The van der Waals surface area contributed by atoms with Gasteiger partial charge >= 0.3 is 0 Å². The number of benzene rings is 1. The number of nitrogens with zero attached hydrogens (tertiary/aromatic N) is 1. The molecule has 5 heteroatoms. The van der Waals surface area contributed by atoms with Gasteiger partial charge in [-0.15, -0.1) is 0 Å². The fourth-order valence-corrected chi connectivity index (χ4v) is 2.62. The fourth-order valence-electron chi connectivity index (χ4n) is 2.62. The number of hydrogen-bond donors (Lipinski definition) is 2. The zero-order valence-corrected chi connectivity index (χ0v) is 10.3. The zero-order valence-electron chi connectivity index (χ0n) is 10.3. The molecular formula is C13H18F2N2O. The Balaban J connectivity index is 2.30. The first-order chi connectivity index (χ1) is 8.52. The number of aromatic hydroxyl groups is 1. The monoisotopic (exact) mass is 256 g/mol. The molecule has 3 nitrogen and oxygen atoms in total. The van der Waals surface area contributed by atoms with Gasteiger partial charge < -0.3 is 10.8 Å². The maximum atomic E-state index is 12.7. The van der Waals surface area contributed by atoms with Crippen LogP contribution in [-0.4, -0.2) is 30.1 Å². The van der Waals surface area contributed by atoms with Crippen LogP contribution in [0, 0.1) is 5.92 Å². The molecule has 18 heavy (non-hydrogen) atoms. The van der Waals surface area contributed by atoms with Gasteiger partial charge in [-0.25, -0.2) is 8.78 Å². The summed E-state index contributed by atoms with van der Waals surface area (Å²) in [7, 11) is 1.93. The molecule has 1 aromatic carbocycles. The van der Waals surface area contributed by atoms with E-state index in [1.807, 2.05) is 7.05 Å². The fraction of sp³-hybridized carbons (Fsp3) is 0.538. The molecule has 1 fully saturated rings. The SMILES string of the molecule is CN1CC(CN)CC1c1cc(C(F)F)ccc1O. The van der Waals surface area contributed by atoms with Crippen LogP contribution in [0.2, 0.25) is 0 Å². The lowest BCUT2D eigenvalue weighted by Crippen LogP contribution is -2.20. The number of nitrogens with two attached hydrogens (primary N) is 1. The van der Waals surface area contributed by atoms with Crippen molar-refractivity contribution in [3.8, 4) is 5.75 Å². The minimum absolute atomic E-state index is 0.0303. The topological polar surface area (TPSA) is 49.5 Å². The van der Waals surface area contributed by atoms with Crippen LogP contribution in [0.1, 0.15) is 30.0 Å². The van der Waals surface area contributed by atoms with Gasteiger partial charge in [0.1, 0.15) is 5.75 Å². The Bertz CT molecular complexity index is 425. The molecule has 1 saturated heterocycles. The highest BCUT2D eigenvalue weighted by molar-refractivity contribution is 5.39. The molecule has 2 atom stereocenters. The van der Waals surface area contributed by atoms with Crippen LogP contribution >= 0.6 is 0 Å². The lowest BCUT2D eigenvalue weighted by Gasteiger charge is -2.21. The van der Waals surface area contributed by atoms with Crippen molar-refractivity contribution < 1.29 is 13.9 Å². The van der Waals surface area contributed by atoms with Crippen LogP contribution in [0.3, 0.4) is 0 Å². The van der Waals surface area contributed by atoms with Crippen LogP contribution < -0.4 is 5.73 Å². The molecule has 1 aliphatic rings. The Labute approximate surface area is 105 Å². The van der Waals surface area contributed by atoms with E-state index in [0.29, 0.717) is 18.0 Å². The molecule has 3 N–H and O–H groups in total. The number of halogens is 2. The maximum absolute atomic E-state index is 12.7. The Morgan fingerprint density at radius 2 is 2.22 bits per heavy atom. The largest absolute Gasteiger partial charge is 0.508 e. The van der Waals surface area contributed by atoms with Gasteiger partial charge in [-0.05, 0) is 44.1 Å². The normalized spacial score (nSPS) is 24.9. The second-order valence-electron chi connectivity index (χ2n) is 4.91. The molecular weight excluding hydrogens is 238 g/mol. The van der Waals surface area contributed by atoms with Crippen LogP contribution in [0.4, 0.5) is 8.78 Å². The van der Waals surface area contributed by atoms with Gasteiger partial charge in [0.2, 0.25) is 0 Å². The molecule has 2 rings (SSSR count). The third-order valence-corrected chi connectivity index (χ3v) is 3.63. The summed E-state index contributed by atoms with van der Waals surface area (Å²) in [6.07, 6.45) is -1.71. The number of hydrogen-bond acceptors (Lipinski definition) is 3. The third kappa shape index (κ3) is 2.47. The number of rotatable bonds is 3. The van der Waals surface area contributed by atoms with Gasteiger partial charge in [0, 0.05) is 23.7 Å². The van der Waals surface area contributed by atoms with Crippen molar-refractivity contribution in [1.29, 1.82) is 0 Å². The lowest BCUT2D eigenvalue weighted by molar-refractivity contribution is 0.151. The Kier molecular flexibility index (Phi) is 3.82. The Hall–Kier alpha value is -1.20. The molecule has 0 amide bonds. The first-order valence-electron chi connectivity index (χ1n) is 6.04. The van der Waals surface area contributed by atoms with Gasteiger partial charge in [-0.2, -0.15) is 0 Å². The highest BCUT2D eigenvalue weighted by Crippen LogP contribution is 2.39. The van der Waals surface area contributed by atoms with E-state index in [-0.39, 0.29) is 17.4 Å². The second-order valence-corrected chi connectivity index (χ2v) is 4.91. The average Bonchev–Trinajstić information content (AvgIpc) is 2.71. The van der Waals surface area contributed by atoms with Crippen LogP contribution in [0.25, 0.3) is 0 Å². The zero-order chi connectivity index (χ0) is 13.3. The van der Waals surface area contributed by atoms with Crippen LogP contribution in [-0.2, 0) is 0 Å². The number of alkyl halides is 2. The van der Waals surface area contributed by atoms with E-state index in [2.05, 4.69) is 4.90 Å². The lowest BCUT2D eigenvalue weighted by atomic mass is 9.97. The predicted molar refractivity (Wildman–Crippen MR) is 65.6 cm³/mol. The van der Waals surface area contributed by atoms with E-state index >= 15 is 0 Å². The van der Waals surface area contributed by atoms with Crippen LogP contribution in [0.5, 0.6) is 5.75 Å². The van der Waals surface area contributed by atoms with Crippen molar-refractivity contribution in [2.75, 3.05) is 20.1 Å². The van der Waals surface area contributed by atoms with Crippen LogP contribution in [0.15, 0.2) is 18.2 Å². The Morgan fingerprint density at radius 1 is 1.50 bits per heavy atom. The molecule has 0 aliphatic carbocycles. The minimum Gasteiger partial charge on any atom is -0.508 e. The summed E-state index contributed by atoms with van der Waals surface area (Å²) in [6, 6.07) is 3.98. The summed E-state index contributed by atoms with van der Waals surface area (Å²) in [5.74, 6) is 0.434. The molecule has 1 heterocycles. The van der Waals surface area contributed by atoms with E-state index in [9.17, 15) is 13.9 Å². The van der Waals surface area contributed by atoms with Crippen molar-refractivity contribution in [3.63, 3.8) is 0 Å². The molecule has 100 valence electrons. The summed E-state index contributed by atoms with van der Waals surface area (Å²) >= 11 is 0. The van der Waals surface area contributed by atoms with Gasteiger partial charge in [-0.3, -0.25) is 4.90 Å². The second kappa shape index (κ2) is 5.20. The molecule has 2 unspecified atom stereocenters. The first kappa shape index (κ1) is 13.2. The summed E-state index contributed by atoms with van der Waals surface area (Å²) in [5.41, 5.74) is 6.17.